The molecule has 3 rings (SSSR count). The lowest BCUT2D eigenvalue weighted by Gasteiger charge is -2.16. The average Bonchev–Trinajstić information content (AvgIpc) is 2.74. The van der Waals surface area contributed by atoms with E-state index in [1.807, 2.05) is 18.2 Å². The minimum Gasteiger partial charge on any atom is -0.396 e. The summed E-state index contributed by atoms with van der Waals surface area (Å²) < 4.78 is 14.7. The summed E-state index contributed by atoms with van der Waals surface area (Å²) in [6, 6.07) is 13.1. The molecule has 2 aromatic carbocycles. The first-order valence-corrected chi connectivity index (χ1v) is 10.2. The molecule has 0 atom stereocenters. The van der Waals surface area contributed by atoms with E-state index in [4.69, 9.17) is 0 Å². The summed E-state index contributed by atoms with van der Waals surface area (Å²) in [5, 5.41) is 12.2. The highest BCUT2D eigenvalue weighted by atomic mass is 19.1. The number of aliphatic hydroxyl groups is 1. The first-order chi connectivity index (χ1) is 14.8. The highest BCUT2D eigenvalue weighted by Crippen LogP contribution is 2.20. The Hall–Kier alpha value is -3.32. The molecule has 6 nitrogen and oxygen atoms in total. The summed E-state index contributed by atoms with van der Waals surface area (Å²) in [5.41, 5.74) is 2.67. The summed E-state index contributed by atoms with van der Waals surface area (Å²) in [6.45, 7) is 5.35. The van der Waals surface area contributed by atoms with Gasteiger partial charge in [-0.25, -0.2) is 9.37 Å². The minimum absolute atomic E-state index is 0.138. The molecule has 0 spiro atoms. The van der Waals surface area contributed by atoms with Gasteiger partial charge in [0.05, 0.1) is 0 Å². The molecule has 0 aliphatic rings. The van der Waals surface area contributed by atoms with Crippen molar-refractivity contribution in [3.63, 3.8) is 0 Å². The van der Waals surface area contributed by atoms with Crippen molar-refractivity contribution in [3.05, 3.63) is 81.5 Å². The van der Waals surface area contributed by atoms with Gasteiger partial charge in [-0.2, -0.15) is 0 Å². The predicted octanol–water partition coefficient (Wildman–Crippen LogP) is 3.65. The molecule has 0 saturated heterocycles. The summed E-state index contributed by atoms with van der Waals surface area (Å²) in [4.78, 5) is 30.4. The zero-order valence-corrected chi connectivity index (χ0v) is 17.9. The lowest BCUT2D eigenvalue weighted by molar-refractivity contribution is -0.116. The van der Waals surface area contributed by atoms with Crippen LogP contribution in [0.1, 0.15) is 36.6 Å². The number of nitrogens with zero attached hydrogens (tertiary/aromatic N) is 2. The Balaban J connectivity index is 1.99. The number of hydrogen-bond acceptors (Lipinski definition) is 4. The third-order valence-electron chi connectivity index (χ3n) is 5.07. The van der Waals surface area contributed by atoms with Crippen molar-refractivity contribution in [1.29, 1.82) is 0 Å². The van der Waals surface area contributed by atoms with Gasteiger partial charge in [-0.3, -0.25) is 14.2 Å². The average molecular weight is 423 g/mol. The van der Waals surface area contributed by atoms with Crippen LogP contribution in [0, 0.1) is 12.7 Å². The molecule has 0 saturated carbocycles. The molecular weight excluding hydrogens is 397 g/mol. The van der Waals surface area contributed by atoms with E-state index in [1.54, 1.807) is 13.0 Å². The van der Waals surface area contributed by atoms with Gasteiger partial charge in [0.15, 0.2) is 0 Å². The van der Waals surface area contributed by atoms with E-state index >= 15 is 0 Å². The minimum atomic E-state index is -0.408. The van der Waals surface area contributed by atoms with Crippen LogP contribution in [0.25, 0.3) is 11.4 Å². The monoisotopic (exact) mass is 423 g/mol. The van der Waals surface area contributed by atoms with Crippen LogP contribution in [0.5, 0.6) is 0 Å². The number of carbonyl (C=O) groups is 1. The van der Waals surface area contributed by atoms with Gasteiger partial charge in [0.25, 0.3) is 5.56 Å². The van der Waals surface area contributed by atoms with Crippen LogP contribution < -0.4 is 10.9 Å². The molecule has 0 bridgehead atoms. The molecule has 31 heavy (non-hydrogen) atoms. The van der Waals surface area contributed by atoms with Gasteiger partial charge in [-0.1, -0.05) is 26.0 Å². The van der Waals surface area contributed by atoms with Gasteiger partial charge in [-0.05, 0) is 54.8 Å². The van der Waals surface area contributed by atoms with Crippen LogP contribution >= 0.6 is 0 Å². The van der Waals surface area contributed by atoms with Gasteiger partial charge < -0.3 is 10.4 Å². The number of aryl methyl sites for hydroxylation is 1. The maximum Gasteiger partial charge on any atom is 0.257 e. The maximum absolute atomic E-state index is 13.4. The zero-order chi connectivity index (χ0) is 22.5. The van der Waals surface area contributed by atoms with Gasteiger partial charge in [0.2, 0.25) is 5.91 Å². The van der Waals surface area contributed by atoms with E-state index < -0.39 is 11.4 Å². The molecule has 2 N–H and O–H groups in total. The molecule has 1 aromatic heterocycles. The number of rotatable bonds is 7. The fourth-order valence-corrected chi connectivity index (χ4v) is 3.39. The second-order valence-corrected chi connectivity index (χ2v) is 7.70. The Morgan fingerprint density at radius 3 is 2.55 bits per heavy atom. The Morgan fingerprint density at radius 1 is 1.19 bits per heavy atom. The molecule has 0 aliphatic heterocycles. The van der Waals surface area contributed by atoms with E-state index in [2.05, 4.69) is 24.1 Å². The van der Waals surface area contributed by atoms with E-state index in [9.17, 15) is 19.1 Å². The molecule has 0 radical (unpaired) electrons. The normalized spacial score (nSPS) is 11.0. The van der Waals surface area contributed by atoms with Crippen LogP contribution in [0.4, 0.5) is 10.1 Å². The van der Waals surface area contributed by atoms with Crippen molar-refractivity contribution in [2.24, 2.45) is 0 Å². The van der Waals surface area contributed by atoms with Crippen molar-refractivity contribution >= 4 is 11.6 Å². The quantitative estimate of drug-likeness (QED) is 0.608. The van der Waals surface area contributed by atoms with E-state index in [-0.39, 0.29) is 31.3 Å². The molecule has 1 heterocycles. The number of benzene rings is 2. The highest BCUT2D eigenvalue weighted by Gasteiger charge is 2.18. The second kappa shape index (κ2) is 9.66. The van der Waals surface area contributed by atoms with Crippen molar-refractivity contribution in [2.45, 2.75) is 39.7 Å². The van der Waals surface area contributed by atoms with Crippen molar-refractivity contribution in [1.82, 2.24) is 9.55 Å². The van der Waals surface area contributed by atoms with Crippen LogP contribution in [-0.4, -0.2) is 27.2 Å². The Morgan fingerprint density at radius 2 is 1.90 bits per heavy atom. The third-order valence-corrected chi connectivity index (χ3v) is 5.07. The van der Waals surface area contributed by atoms with Crippen LogP contribution in [0.15, 0.2) is 53.3 Å². The number of amides is 1. The summed E-state index contributed by atoms with van der Waals surface area (Å²) in [6.07, 6.45) is 0.138. The molecule has 0 aliphatic carbocycles. The standard InChI is InChI=1S/C24H26FN3O3/c1-15(2)18-5-4-6-20(13-18)27-22(30)14-28-23(17-7-9-19(25)10-8-17)26-16(3)21(11-12-29)24(28)31/h4-10,13,15,29H,11-12,14H2,1-3H3,(H,27,30). The van der Waals surface area contributed by atoms with Crippen molar-refractivity contribution in [3.8, 4) is 11.4 Å². The maximum atomic E-state index is 13.4. The SMILES string of the molecule is Cc1nc(-c2ccc(F)cc2)n(CC(=O)Nc2cccc(C(C)C)c2)c(=O)c1CCO. The second-order valence-electron chi connectivity index (χ2n) is 7.70. The Labute approximate surface area is 180 Å². The topological polar surface area (TPSA) is 84.2 Å². The predicted molar refractivity (Wildman–Crippen MR) is 119 cm³/mol. The first-order valence-electron chi connectivity index (χ1n) is 10.2. The Kier molecular flexibility index (Phi) is 6.97. The van der Waals surface area contributed by atoms with Gasteiger partial charge in [0.1, 0.15) is 18.2 Å². The smallest absolute Gasteiger partial charge is 0.257 e. The molecule has 0 unspecified atom stereocenters. The summed E-state index contributed by atoms with van der Waals surface area (Å²) in [7, 11) is 0. The van der Waals surface area contributed by atoms with Gasteiger partial charge >= 0.3 is 0 Å². The third kappa shape index (κ3) is 5.24. The summed E-state index contributed by atoms with van der Waals surface area (Å²) in [5.74, 6) is -0.205. The fraction of sp³-hybridized carbons (Fsp3) is 0.292. The number of anilines is 1. The largest absolute Gasteiger partial charge is 0.396 e. The van der Waals surface area contributed by atoms with E-state index in [1.165, 1.54) is 28.8 Å². The van der Waals surface area contributed by atoms with Gasteiger partial charge in [0, 0.05) is 35.5 Å². The van der Waals surface area contributed by atoms with Crippen LogP contribution in [-0.2, 0) is 17.8 Å². The molecule has 162 valence electrons. The number of aromatic nitrogens is 2. The van der Waals surface area contributed by atoms with E-state index in [0.717, 1.165) is 5.56 Å². The lowest BCUT2D eigenvalue weighted by atomic mass is 10.0. The first kappa shape index (κ1) is 22.4. The molecule has 3 aromatic rings. The number of aliphatic hydroxyl groups excluding tert-OH is 1. The molecule has 7 heteroatoms. The zero-order valence-electron chi connectivity index (χ0n) is 17.9. The molecular formula is C24H26FN3O3. The summed E-state index contributed by atoms with van der Waals surface area (Å²) >= 11 is 0. The number of nitrogens with one attached hydrogen (secondary N) is 1. The molecule has 1 amide bonds. The lowest BCUT2D eigenvalue weighted by Crippen LogP contribution is -2.33. The van der Waals surface area contributed by atoms with Crippen LogP contribution in [0.3, 0.4) is 0 Å². The van der Waals surface area contributed by atoms with Crippen molar-refractivity contribution < 1.29 is 14.3 Å². The van der Waals surface area contributed by atoms with E-state index in [0.29, 0.717) is 28.4 Å². The molecule has 0 fully saturated rings. The van der Waals surface area contributed by atoms with Crippen molar-refractivity contribution in [2.75, 3.05) is 11.9 Å². The highest BCUT2D eigenvalue weighted by molar-refractivity contribution is 5.91. The van der Waals surface area contributed by atoms with Crippen LogP contribution in [0.2, 0.25) is 0 Å². The number of hydrogen-bond donors (Lipinski definition) is 2. The fourth-order valence-electron chi connectivity index (χ4n) is 3.39. The number of carbonyl (C=O) groups excluding carboxylic acids is 1. The Bertz CT molecular complexity index is 1140. The number of halogens is 1. The van der Waals surface area contributed by atoms with Gasteiger partial charge in [-0.15, -0.1) is 0 Å².